The van der Waals surface area contributed by atoms with Gasteiger partial charge in [-0.25, -0.2) is 9.78 Å². The highest BCUT2D eigenvalue weighted by molar-refractivity contribution is 7.13. The minimum Gasteiger partial charge on any atom is -0.460 e. The second kappa shape index (κ2) is 8.54. The molecule has 1 fully saturated rings. The van der Waals surface area contributed by atoms with Crippen LogP contribution in [0.15, 0.2) is 6.20 Å². The van der Waals surface area contributed by atoms with Crippen LogP contribution in [-0.2, 0) is 9.53 Å². The average Bonchev–Trinajstić information content (AvgIpc) is 3.20. The van der Waals surface area contributed by atoms with Crippen molar-refractivity contribution < 1.29 is 32.2 Å². The van der Waals surface area contributed by atoms with Crippen LogP contribution in [0, 0.1) is 5.92 Å². The van der Waals surface area contributed by atoms with Crippen LogP contribution in [-0.4, -0.2) is 53.4 Å². The Morgan fingerprint density at radius 3 is 2.68 bits per heavy atom. The number of aromatic nitrogens is 1. The Morgan fingerprint density at radius 1 is 1.39 bits per heavy atom. The average molecular weight is 423 g/mol. The van der Waals surface area contributed by atoms with Gasteiger partial charge in [0.2, 0.25) is 5.91 Å². The quantitative estimate of drug-likeness (QED) is 0.784. The van der Waals surface area contributed by atoms with Crippen molar-refractivity contribution in [3.05, 3.63) is 11.1 Å². The van der Waals surface area contributed by atoms with E-state index in [0.29, 0.717) is 17.8 Å². The lowest BCUT2D eigenvalue weighted by Crippen LogP contribution is -2.38. The number of amides is 2. The minimum absolute atomic E-state index is 0.106. The van der Waals surface area contributed by atoms with E-state index >= 15 is 0 Å². The molecule has 0 saturated carbocycles. The van der Waals surface area contributed by atoms with Gasteiger partial charge in [-0.3, -0.25) is 4.79 Å². The number of hydrogen-bond acceptors (Lipinski definition) is 6. The van der Waals surface area contributed by atoms with Crippen molar-refractivity contribution >= 4 is 23.3 Å². The van der Waals surface area contributed by atoms with Crippen LogP contribution in [0.1, 0.15) is 45.0 Å². The number of ether oxygens (including phenoxy) is 2. The molecule has 2 amide bonds. The summed E-state index contributed by atoms with van der Waals surface area (Å²) in [5, 5.41) is 2.70. The van der Waals surface area contributed by atoms with Crippen LogP contribution in [0.4, 0.5) is 18.0 Å². The number of hydrogen-bond donors (Lipinski definition) is 1. The summed E-state index contributed by atoms with van der Waals surface area (Å²) in [6, 6.07) is -0.441. The van der Waals surface area contributed by atoms with Gasteiger partial charge in [0, 0.05) is 19.3 Å². The molecule has 1 N–H and O–H groups in total. The zero-order valence-corrected chi connectivity index (χ0v) is 16.9. The van der Waals surface area contributed by atoms with Gasteiger partial charge in [-0.15, -0.1) is 0 Å². The van der Waals surface area contributed by atoms with Crippen LogP contribution in [0.5, 0.6) is 5.19 Å². The molecule has 1 unspecified atom stereocenters. The van der Waals surface area contributed by atoms with E-state index in [1.165, 1.54) is 11.1 Å². The first-order valence-corrected chi connectivity index (χ1v) is 9.59. The third-order valence-corrected chi connectivity index (χ3v) is 4.95. The number of alkyl halides is 3. The summed E-state index contributed by atoms with van der Waals surface area (Å²) in [4.78, 5) is 30.4. The Morgan fingerprint density at radius 2 is 2.07 bits per heavy atom. The number of nitrogens with zero attached hydrogens (tertiary/aromatic N) is 2. The predicted molar refractivity (Wildman–Crippen MR) is 96.1 cm³/mol. The van der Waals surface area contributed by atoms with Gasteiger partial charge in [0.25, 0.3) is 5.19 Å². The maximum atomic E-state index is 12.5. The standard InChI is InChI=1S/C17H24F3N3O4S/c1-10(12-7-21-14(28-12)26-9-17(18,19)20)22-13(24)11-5-6-23(8-11)15(25)27-16(2,3)4/h7,10-11H,5-6,8-9H2,1-4H3,(H,22,24)/t10-,11?/m1/s1. The van der Waals surface area contributed by atoms with Crippen molar-refractivity contribution in [2.24, 2.45) is 5.92 Å². The van der Waals surface area contributed by atoms with Crippen LogP contribution in [0.3, 0.4) is 0 Å². The van der Waals surface area contributed by atoms with Gasteiger partial charge < -0.3 is 19.7 Å². The lowest BCUT2D eigenvalue weighted by Gasteiger charge is -2.24. The molecular weight excluding hydrogens is 399 g/mol. The van der Waals surface area contributed by atoms with E-state index in [9.17, 15) is 22.8 Å². The third kappa shape index (κ3) is 6.84. The first-order chi connectivity index (χ1) is 12.8. The highest BCUT2D eigenvalue weighted by Crippen LogP contribution is 2.28. The number of halogens is 3. The molecule has 2 heterocycles. The van der Waals surface area contributed by atoms with E-state index in [4.69, 9.17) is 4.74 Å². The van der Waals surface area contributed by atoms with Gasteiger partial charge in [0.1, 0.15) is 5.60 Å². The molecule has 1 aromatic heterocycles. The molecule has 28 heavy (non-hydrogen) atoms. The predicted octanol–water partition coefficient (Wildman–Crippen LogP) is 3.52. The summed E-state index contributed by atoms with van der Waals surface area (Å²) in [6.45, 7) is 6.30. The van der Waals surface area contributed by atoms with Crippen molar-refractivity contribution in [2.45, 2.75) is 51.9 Å². The zero-order chi connectivity index (χ0) is 21.1. The Labute approximate surface area is 165 Å². The van der Waals surface area contributed by atoms with E-state index in [0.717, 1.165) is 11.3 Å². The number of thiazole rings is 1. The van der Waals surface area contributed by atoms with Crippen molar-refractivity contribution in [2.75, 3.05) is 19.7 Å². The Hall–Kier alpha value is -2.04. The fraction of sp³-hybridized carbons (Fsp3) is 0.706. The molecule has 1 saturated heterocycles. The van der Waals surface area contributed by atoms with Gasteiger partial charge in [-0.2, -0.15) is 13.2 Å². The Bertz CT molecular complexity index is 703. The van der Waals surface area contributed by atoms with E-state index in [1.807, 2.05) is 0 Å². The van der Waals surface area contributed by atoms with E-state index in [1.54, 1.807) is 27.7 Å². The first-order valence-electron chi connectivity index (χ1n) is 8.77. The van der Waals surface area contributed by atoms with Crippen molar-refractivity contribution in [1.82, 2.24) is 15.2 Å². The van der Waals surface area contributed by atoms with Gasteiger partial charge in [-0.05, 0) is 34.1 Å². The molecule has 2 atom stereocenters. The highest BCUT2D eigenvalue weighted by Gasteiger charge is 2.34. The molecule has 158 valence electrons. The monoisotopic (exact) mass is 423 g/mol. The van der Waals surface area contributed by atoms with E-state index in [-0.39, 0.29) is 23.6 Å². The van der Waals surface area contributed by atoms with Gasteiger partial charge in [-0.1, -0.05) is 11.3 Å². The number of rotatable bonds is 5. The SMILES string of the molecule is C[C@@H](NC(=O)C1CCN(C(=O)OC(C)(C)C)C1)c1cnc(OCC(F)(F)F)s1. The zero-order valence-electron chi connectivity index (χ0n) is 16.1. The lowest BCUT2D eigenvalue weighted by atomic mass is 10.1. The fourth-order valence-electron chi connectivity index (χ4n) is 2.55. The molecule has 0 aromatic carbocycles. The van der Waals surface area contributed by atoms with E-state index < -0.39 is 30.5 Å². The number of likely N-dealkylation sites (tertiary alicyclic amines) is 1. The first kappa shape index (κ1) is 22.3. The molecule has 1 aromatic rings. The minimum atomic E-state index is -4.44. The maximum absolute atomic E-state index is 12.5. The molecule has 0 spiro atoms. The molecule has 11 heteroatoms. The Kier molecular flexibility index (Phi) is 6.79. The summed E-state index contributed by atoms with van der Waals surface area (Å²) >= 11 is 0.945. The van der Waals surface area contributed by atoms with Gasteiger partial charge >= 0.3 is 12.3 Å². The molecule has 2 rings (SSSR count). The summed E-state index contributed by atoms with van der Waals surface area (Å²) in [5.74, 6) is -0.603. The molecule has 1 aliphatic heterocycles. The molecule has 7 nitrogen and oxygen atoms in total. The number of nitrogens with one attached hydrogen (secondary N) is 1. The largest absolute Gasteiger partial charge is 0.460 e. The topological polar surface area (TPSA) is 80.8 Å². The van der Waals surface area contributed by atoms with Crippen LogP contribution in [0.2, 0.25) is 0 Å². The molecule has 0 aliphatic carbocycles. The molecular formula is C17H24F3N3O4S. The van der Waals surface area contributed by atoms with E-state index in [2.05, 4.69) is 15.0 Å². The van der Waals surface area contributed by atoms with Crippen molar-refractivity contribution in [1.29, 1.82) is 0 Å². The normalized spacial score (nSPS) is 18.7. The summed E-state index contributed by atoms with van der Waals surface area (Å²) in [5.41, 5.74) is -0.607. The Balaban J connectivity index is 1.84. The van der Waals surface area contributed by atoms with Gasteiger partial charge in [0.05, 0.1) is 16.8 Å². The maximum Gasteiger partial charge on any atom is 0.422 e. The third-order valence-electron chi connectivity index (χ3n) is 3.86. The fourth-order valence-corrected chi connectivity index (χ4v) is 3.32. The molecule has 0 bridgehead atoms. The van der Waals surface area contributed by atoms with Crippen molar-refractivity contribution in [3.63, 3.8) is 0 Å². The highest BCUT2D eigenvalue weighted by atomic mass is 32.1. The number of carbonyl (C=O) groups excluding carboxylic acids is 2. The number of carbonyl (C=O) groups is 2. The van der Waals surface area contributed by atoms with Crippen LogP contribution >= 0.6 is 11.3 Å². The smallest absolute Gasteiger partial charge is 0.422 e. The van der Waals surface area contributed by atoms with Crippen molar-refractivity contribution in [3.8, 4) is 5.19 Å². The molecule has 1 aliphatic rings. The summed E-state index contributed by atoms with van der Waals surface area (Å²) < 4.78 is 46.5. The van der Waals surface area contributed by atoms with Crippen LogP contribution in [0.25, 0.3) is 0 Å². The molecule has 0 radical (unpaired) electrons. The second-order valence-electron chi connectivity index (χ2n) is 7.57. The van der Waals surface area contributed by atoms with Gasteiger partial charge in [0.15, 0.2) is 6.61 Å². The summed E-state index contributed by atoms with van der Waals surface area (Å²) in [6.07, 6.45) is -3.00. The van der Waals surface area contributed by atoms with Crippen LogP contribution < -0.4 is 10.1 Å². The summed E-state index contributed by atoms with van der Waals surface area (Å²) in [7, 11) is 0. The lowest BCUT2D eigenvalue weighted by molar-refractivity contribution is -0.153. The second-order valence-corrected chi connectivity index (χ2v) is 8.60.